The molecule has 20 heavy (non-hydrogen) atoms. The molecule has 2 fully saturated rings. The predicted octanol–water partition coefficient (Wildman–Crippen LogP) is 6.69. The van der Waals surface area contributed by atoms with Gasteiger partial charge >= 0.3 is 0 Å². The van der Waals surface area contributed by atoms with Crippen molar-refractivity contribution in [2.45, 2.75) is 92.9 Å². The van der Waals surface area contributed by atoms with E-state index in [2.05, 4.69) is 41.5 Å². The molecule has 0 aromatic rings. The van der Waals surface area contributed by atoms with Crippen molar-refractivity contribution in [1.82, 2.24) is 0 Å². The summed E-state index contributed by atoms with van der Waals surface area (Å²) in [6, 6.07) is 0. The molecule has 2 saturated carbocycles. The van der Waals surface area contributed by atoms with Gasteiger partial charge in [-0.1, -0.05) is 67.2 Å². The van der Waals surface area contributed by atoms with Crippen molar-refractivity contribution in [1.29, 1.82) is 0 Å². The lowest BCUT2D eigenvalue weighted by molar-refractivity contribution is -0.0972. The van der Waals surface area contributed by atoms with E-state index in [1.165, 1.54) is 51.4 Å². The van der Waals surface area contributed by atoms with E-state index in [4.69, 9.17) is 0 Å². The lowest BCUT2D eigenvalue weighted by Gasteiger charge is -2.59. The van der Waals surface area contributed by atoms with Crippen LogP contribution >= 0.6 is 0 Å². The molecule has 0 aromatic carbocycles. The molecular weight excluding hydrogens is 240 g/mol. The molecule has 2 aliphatic carbocycles. The van der Waals surface area contributed by atoms with Crippen LogP contribution in [-0.4, -0.2) is 0 Å². The van der Waals surface area contributed by atoms with Crippen molar-refractivity contribution in [3.63, 3.8) is 0 Å². The third kappa shape index (κ3) is 2.95. The highest BCUT2D eigenvalue weighted by atomic mass is 14.6. The Bertz CT molecular complexity index is 316. The van der Waals surface area contributed by atoms with Gasteiger partial charge in [0.15, 0.2) is 0 Å². The van der Waals surface area contributed by atoms with Gasteiger partial charge in [-0.25, -0.2) is 0 Å². The standard InChI is InChI=1S/C20H38/c1-7-15(2)9-11-17-16(3)10-12-18-19(4,5)13-8-14-20(17,18)6/h15-18H,7-14H2,1-6H3/t15-,16+,17+,18+,20-/m0/s1. The average Bonchev–Trinajstić information content (AvgIpc) is 2.36. The van der Waals surface area contributed by atoms with Crippen LogP contribution in [0.3, 0.4) is 0 Å². The highest BCUT2D eigenvalue weighted by molar-refractivity contribution is 5.02. The monoisotopic (exact) mass is 278 g/mol. The Kier molecular flexibility index (Phi) is 4.92. The van der Waals surface area contributed by atoms with Gasteiger partial charge in [-0.3, -0.25) is 0 Å². The quantitative estimate of drug-likeness (QED) is 0.537. The Balaban J connectivity index is 2.15. The Morgan fingerprint density at radius 3 is 2.45 bits per heavy atom. The molecule has 0 heterocycles. The molecule has 2 rings (SSSR count). The summed E-state index contributed by atoms with van der Waals surface area (Å²) in [6.45, 7) is 15.1. The zero-order valence-corrected chi connectivity index (χ0v) is 15.0. The fraction of sp³-hybridized carbons (Fsp3) is 1.00. The molecule has 0 saturated heterocycles. The van der Waals surface area contributed by atoms with E-state index < -0.39 is 0 Å². The summed E-state index contributed by atoms with van der Waals surface area (Å²) >= 11 is 0. The number of fused-ring (bicyclic) bond motifs is 1. The first-order chi connectivity index (χ1) is 9.31. The first-order valence-electron chi connectivity index (χ1n) is 9.31. The van der Waals surface area contributed by atoms with Crippen LogP contribution in [-0.2, 0) is 0 Å². The molecule has 0 spiro atoms. The summed E-state index contributed by atoms with van der Waals surface area (Å²) in [5, 5.41) is 0. The van der Waals surface area contributed by atoms with Gasteiger partial charge < -0.3 is 0 Å². The van der Waals surface area contributed by atoms with E-state index in [0.717, 1.165) is 23.7 Å². The van der Waals surface area contributed by atoms with Crippen molar-refractivity contribution in [2.75, 3.05) is 0 Å². The van der Waals surface area contributed by atoms with Gasteiger partial charge in [0, 0.05) is 0 Å². The predicted molar refractivity (Wildman–Crippen MR) is 89.8 cm³/mol. The molecule has 0 heteroatoms. The third-order valence-electron chi connectivity index (χ3n) is 7.39. The lowest BCUT2D eigenvalue weighted by atomic mass is 9.46. The van der Waals surface area contributed by atoms with Gasteiger partial charge in [-0.15, -0.1) is 0 Å². The van der Waals surface area contributed by atoms with Crippen molar-refractivity contribution in [3.05, 3.63) is 0 Å². The van der Waals surface area contributed by atoms with Crippen LogP contribution < -0.4 is 0 Å². The molecule has 0 aromatic heterocycles. The van der Waals surface area contributed by atoms with Crippen LogP contribution in [0, 0.1) is 34.5 Å². The van der Waals surface area contributed by atoms with Gasteiger partial charge in [-0.05, 0) is 60.2 Å². The fourth-order valence-electron chi connectivity index (χ4n) is 5.89. The van der Waals surface area contributed by atoms with Gasteiger partial charge in [-0.2, -0.15) is 0 Å². The molecule has 0 aliphatic heterocycles. The Morgan fingerprint density at radius 1 is 1.10 bits per heavy atom. The minimum Gasteiger partial charge on any atom is -0.0651 e. The minimum absolute atomic E-state index is 0.585. The van der Waals surface area contributed by atoms with Crippen LogP contribution in [0.5, 0.6) is 0 Å². The maximum absolute atomic E-state index is 2.66. The number of rotatable bonds is 4. The molecule has 0 radical (unpaired) electrons. The average molecular weight is 279 g/mol. The second kappa shape index (κ2) is 6.01. The highest BCUT2D eigenvalue weighted by Gasteiger charge is 2.53. The van der Waals surface area contributed by atoms with Gasteiger partial charge in [0.25, 0.3) is 0 Å². The maximum Gasteiger partial charge on any atom is -0.0262 e. The first-order valence-corrected chi connectivity index (χ1v) is 9.31. The highest BCUT2D eigenvalue weighted by Crippen LogP contribution is 2.62. The summed E-state index contributed by atoms with van der Waals surface area (Å²) in [5.41, 5.74) is 1.22. The SMILES string of the molecule is CC[C@H](C)CC[C@@H]1[C@H](C)CC[C@@H]2C(C)(C)CCC[C@@]12C. The Hall–Kier alpha value is 0. The molecule has 0 N–H and O–H groups in total. The largest absolute Gasteiger partial charge is 0.0651 e. The van der Waals surface area contributed by atoms with E-state index in [0.29, 0.717) is 10.8 Å². The van der Waals surface area contributed by atoms with Crippen molar-refractivity contribution >= 4 is 0 Å². The topological polar surface area (TPSA) is 0 Å². The summed E-state index contributed by atoms with van der Waals surface area (Å²) in [5.74, 6) is 3.83. The van der Waals surface area contributed by atoms with Crippen LogP contribution in [0.25, 0.3) is 0 Å². The van der Waals surface area contributed by atoms with Crippen molar-refractivity contribution < 1.29 is 0 Å². The molecule has 5 atom stereocenters. The van der Waals surface area contributed by atoms with E-state index in [1.807, 2.05) is 0 Å². The second-order valence-corrected chi connectivity index (χ2v) is 9.15. The zero-order valence-electron chi connectivity index (χ0n) is 15.0. The fourth-order valence-corrected chi connectivity index (χ4v) is 5.89. The van der Waals surface area contributed by atoms with E-state index in [9.17, 15) is 0 Å². The van der Waals surface area contributed by atoms with Crippen LogP contribution in [0.4, 0.5) is 0 Å². The summed E-state index contributed by atoms with van der Waals surface area (Å²) < 4.78 is 0. The molecule has 118 valence electrons. The molecule has 0 nitrogen and oxygen atoms in total. The summed E-state index contributed by atoms with van der Waals surface area (Å²) in [4.78, 5) is 0. The molecular formula is C20H38. The van der Waals surface area contributed by atoms with E-state index >= 15 is 0 Å². The van der Waals surface area contributed by atoms with Gasteiger partial charge in [0.05, 0.1) is 0 Å². The van der Waals surface area contributed by atoms with E-state index in [-0.39, 0.29) is 0 Å². The molecule has 0 bridgehead atoms. The van der Waals surface area contributed by atoms with E-state index in [1.54, 1.807) is 0 Å². The van der Waals surface area contributed by atoms with Gasteiger partial charge in [0.2, 0.25) is 0 Å². The smallest absolute Gasteiger partial charge is 0.0262 e. The summed E-state index contributed by atoms with van der Waals surface area (Å²) in [7, 11) is 0. The zero-order chi connectivity index (χ0) is 15.0. The molecule has 0 amide bonds. The Morgan fingerprint density at radius 2 is 1.80 bits per heavy atom. The second-order valence-electron chi connectivity index (χ2n) is 9.15. The minimum atomic E-state index is 0.585. The number of hydrogen-bond donors (Lipinski definition) is 0. The van der Waals surface area contributed by atoms with Crippen molar-refractivity contribution in [2.24, 2.45) is 34.5 Å². The third-order valence-corrected chi connectivity index (χ3v) is 7.39. The Labute approximate surface area is 128 Å². The molecule has 2 aliphatic rings. The van der Waals surface area contributed by atoms with Crippen LogP contribution in [0.15, 0.2) is 0 Å². The van der Waals surface area contributed by atoms with Crippen molar-refractivity contribution in [3.8, 4) is 0 Å². The normalized spacial score (nSPS) is 42.0. The van der Waals surface area contributed by atoms with Gasteiger partial charge in [0.1, 0.15) is 0 Å². The van der Waals surface area contributed by atoms with Crippen LogP contribution in [0.1, 0.15) is 92.9 Å². The lowest BCUT2D eigenvalue weighted by Crippen LogP contribution is -2.51. The van der Waals surface area contributed by atoms with Crippen LogP contribution in [0.2, 0.25) is 0 Å². The maximum atomic E-state index is 2.66. The number of hydrogen-bond acceptors (Lipinski definition) is 0. The first kappa shape index (κ1) is 16.4. The molecule has 0 unspecified atom stereocenters. The summed E-state index contributed by atoms with van der Waals surface area (Å²) in [6.07, 6.45) is 11.7.